The predicted molar refractivity (Wildman–Crippen MR) is 78.3 cm³/mol. The second-order valence-electron chi connectivity index (χ2n) is 7.34. The lowest BCUT2D eigenvalue weighted by Crippen LogP contribution is -2.53. The highest BCUT2D eigenvalue weighted by atomic mass is 15.3. The fraction of sp³-hybridized carbons (Fsp3) is 1.00. The minimum Gasteiger partial charge on any atom is -0.310 e. The summed E-state index contributed by atoms with van der Waals surface area (Å²) in [6, 6.07) is 2.55. The van der Waals surface area contributed by atoms with Gasteiger partial charge in [-0.15, -0.1) is 0 Å². The van der Waals surface area contributed by atoms with E-state index in [0.717, 1.165) is 24.0 Å². The summed E-state index contributed by atoms with van der Waals surface area (Å²) in [5.74, 6) is 1.01. The number of hydrogen-bond donors (Lipinski definition) is 1. The molecule has 0 aromatic heterocycles. The molecule has 4 aliphatic rings. The molecule has 3 nitrogen and oxygen atoms in total. The molecule has 0 spiro atoms. The Balaban J connectivity index is 1.30. The first-order chi connectivity index (χ1) is 9.38. The Morgan fingerprint density at radius 3 is 2.84 bits per heavy atom. The van der Waals surface area contributed by atoms with Crippen molar-refractivity contribution in [1.29, 1.82) is 0 Å². The van der Waals surface area contributed by atoms with Gasteiger partial charge in [0.05, 0.1) is 0 Å². The smallest absolute Gasteiger partial charge is 0.0224 e. The Morgan fingerprint density at radius 1 is 0.947 bits per heavy atom. The van der Waals surface area contributed by atoms with Crippen molar-refractivity contribution in [2.75, 3.05) is 32.7 Å². The van der Waals surface area contributed by atoms with Crippen LogP contribution in [-0.2, 0) is 0 Å². The van der Waals surface area contributed by atoms with Crippen LogP contribution in [-0.4, -0.2) is 60.6 Å². The Morgan fingerprint density at radius 2 is 1.89 bits per heavy atom. The van der Waals surface area contributed by atoms with E-state index in [0.29, 0.717) is 0 Å². The van der Waals surface area contributed by atoms with Crippen molar-refractivity contribution in [3.05, 3.63) is 0 Å². The van der Waals surface area contributed by atoms with Crippen molar-refractivity contribution >= 4 is 0 Å². The van der Waals surface area contributed by atoms with E-state index >= 15 is 0 Å². The van der Waals surface area contributed by atoms with E-state index in [1.165, 1.54) is 77.7 Å². The molecule has 0 radical (unpaired) electrons. The maximum atomic E-state index is 3.94. The Kier molecular flexibility index (Phi) is 3.55. The van der Waals surface area contributed by atoms with Crippen molar-refractivity contribution in [2.24, 2.45) is 5.92 Å². The van der Waals surface area contributed by atoms with E-state index in [1.54, 1.807) is 0 Å². The summed E-state index contributed by atoms with van der Waals surface area (Å²) in [5.41, 5.74) is 0. The SMILES string of the molecule is C1CCC2NC(CN3CCN4CCCC4C3)CC2C1. The van der Waals surface area contributed by atoms with Crippen LogP contribution in [0, 0.1) is 5.92 Å². The van der Waals surface area contributed by atoms with E-state index in [4.69, 9.17) is 0 Å². The minimum atomic E-state index is 0.793. The van der Waals surface area contributed by atoms with Gasteiger partial charge in [-0.3, -0.25) is 9.80 Å². The predicted octanol–water partition coefficient (Wildman–Crippen LogP) is 1.69. The van der Waals surface area contributed by atoms with Gasteiger partial charge in [-0.25, -0.2) is 0 Å². The number of nitrogens with zero attached hydrogens (tertiary/aromatic N) is 2. The van der Waals surface area contributed by atoms with Gasteiger partial charge in [-0.1, -0.05) is 12.8 Å². The first-order valence-corrected chi connectivity index (χ1v) is 8.61. The number of nitrogens with one attached hydrogen (secondary N) is 1. The van der Waals surface area contributed by atoms with Gasteiger partial charge in [0.15, 0.2) is 0 Å². The van der Waals surface area contributed by atoms with Gasteiger partial charge < -0.3 is 5.32 Å². The maximum absolute atomic E-state index is 3.94. The average Bonchev–Trinajstić information content (AvgIpc) is 3.03. The summed E-state index contributed by atoms with van der Waals surface area (Å²) in [6.45, 7) is 6.66. The lowest BCUT2D eigenvalue weighted by Gasteiger charge is -2.38. The molecule has 19 heavy (non-hydrogen) atoms. The third-order valence-electron chi connectivity index (χ3n) is 6.10. The third kappa shape index (κ3) is 2.57. The molecule has 4 rings (SSSR count). The number of hydrogen-bond acceptors (Lipinski definition) is 3. The van der Waals surface area contributed by atoms with E-state index in [2.05, 4.69) is 15.1 Å². The summed E-state index contributed by atoms with van der Waals surface area (Å²) < 4.78 is 0. The molecule has 0 aromatic rings. The van der Waals surface area contributed by atoms with E-state index < -0.39 is 0 Å². The third-order valence-corrected chi connectivity index (χ3v) is 6.10. The van der Waals surface area contributed by atoms with Crippen LogP contribution in [0.4, 0.5) is 0 Å². The second kappa shape index (κ2) is 5.34. The van der Waals surface area contributed by atoms with E-state index in [-0.39, 0.29) is 0 Å². The molecule has 108 valence electrons. The molecule has 4 fully saturated rings. The molecular weight excluding hydrogens is 234 g/mol. The Bertz CT molecular complexity index is 305. The average molecular weight is 263 g/mol. The first kappa shape index (κ1) is 12.6. The monoisotopic (exact) mass is 263 g/mol. The molecule has 0 bridgehead atoms. The standard InChI is InChI=1S/C16H29N3/c1-2-6-16-13(4-1)10-14(17-16)11-18-8-9-19-7-3-5-15(19)12-18/h13-17H,1-12H2. The van der Waals surface area contributed by atoms with Crippen LogP contribution in [0.1, 0.15) is 44.9 Å². The van der Waals surface area contributed by atoms with Gasteiger partial charge in [0.1, 0.15) is 0 Å². The zero-order valence-corrected chi connectivity index (χ0v) is 12.2. The number of rotatable bonds is 2. The van der Waals surface area contributed by atoms with Crippen LogP contribution in [0.5, 0.6) is 0 Å². The topological polar surface area (TPSA) is 18.5 Å². The lowest BCUT2D eigenvalue weighted by atomic mass is 9.85. The van der Waals surface area contributed by atoms with Crippen LogP contribution >= 0.6 is 0 Å². The Labute approximate surface area is 117 Å². The molecule has 1 saturated carbocycles. The van der Waals surface area contributed by atoms with Crippen molar-refractivity contribution < 1.29 is 0 Å². The maximum Gasteiger partial charge on any atom is 0.0224 e. The molecular formula is C16H29N3. The minimum absolute atomic E-state index is 0.793. The Hall–Kier alpha value is -0.120. The molecule has 3 heteroatoms. The van der Waals surface area contributed by atoms with Crippen molar-refractivity contribution in [1.82, 2.24) is 15.1 Å². The molecule has 3 saturated heterocycles. The van der Waals surface area contributed by atoms with Gasteiger partial charge in [0.25, 0.3) is 0 Å². The number of fused-ring (bicyclic) bond motifs is 2. The highest BCUT2D eigenvalue weighted by molar-refractivity contribution is 4.95. The van der Waals surface area contributed by atoms with Crippen LogP contribution in [0.2, 0.25) is 0 Å². The lowest BCUT2D eigenvalue weighted by molar-refractivity contribution is 0.0976. The fourth-order valence-corrected chi connectivity index (χ4v) is 5.11. The van der Waals surface area contributed by atoms with Crippen LogP contribution < -0.4 is 5.32 Å². The zero-order valence-electron chi connectivity index (χ0n) is 12.2. The van der Waals surface area contributed by atoms with Gasteiger partial charge in [-0.05, 0) is 44.6 Å². The largest absolute Gasteiger partial charge is 0.310 e. The van der Waals surface area contributed by atoms with Crippen molar-refractivity contribution in [3.8, 4) is 0 Å². The molecule has 4 unspecified atom stereocenters. The highest BCUT2D eigenvalue weighted by Gasteiger charge is 2.37. The molecule has 1 aliphatic carbocycles. The van der Waals surface area contributed by atoms with Gasteiger partial charge in [0.2, 0.25) is 0 Å². The summed E-state index contributed by atoms with van der Waals surface area (Å²) >= 11 is 0. The van der Waals surface area contributed by atoms with Gasteiger partial charge in [0, 0.05) is 44.3 Å². The second-order valence-corrected chi connectivity index (χ2v) is 7.34. The quantitative estimate of drug-likeness (QED) is 0.818. The van der Waals surface area contributed by atoms with Gasteiger partial charge in [-0.2, -0.15) is 0 Å². The summed E-state index contributed by atoms with van der Waals surface area (Å²) in [4.78, 5) is 5.47. The van der Waals surface area contributed by atoms with Crippen molar-refractivity contribution in [3.63, 3.8) is 0 Å². The fourth-order valence-electron chi connectivity index (χ4n) is 5.11. The molecule has 3 aliphatic heterocycles. The summed E-state index contributed by atoms with van der Waals surface area (Å²) in [5, 5.41) is 3.94. The molecule has 3 heterocycles. The van der Waals surface area contributed by atoms with Gasteiger partial charge >= 0.3 is 0 Å². The summed E-state index contributed by atoms with van der Waals surface area (Å²) in [7, 11) is 0. The van der Waals surface area contributed by atoms with Crippen molar-refractivity contribution in [2.45, 2.75) is 63.1 Å². The number of piperazine rings is 1. The zero-order chi connectivity index (χ0) is 12.7. The summed E-state index contributed by atoms with van der Waals surface area (Å²) in [6.07, 6.45) is 10.2. The normalized spacial score (nSPS) is 44.2. The molecule has 4 atom stereocenters. The van der Waals surface area contributed by atoms with Crippen LogP contribution in [0.15, 0.2) is 0 Å². The molecule has 0 amide bonds. The first-order valence-electron chi connectivity index (χ1n) is 8.61. The van der Waals surface area contributed by atoms with Crippen LogP contribution in [0.25, 0.3) is 0 Å². The van der Waals surface area contributed by atoms with E-state index in [9.17, 15) is 0 Å². The van der Waals surface area contributed by atoms with Crippen LogP contribution in [0.3, 0.4) is 0 Å². The van der Waals surface area contributed by atoms with E-state index in [1.807, 2.05) is 0 Å². The molecule has 1 N–H and O–H groups in total. The highest BCUT2D eigenvalue weighted by Crippen LogP contribution is 2.33. The molecule has 0 aromatic carbocycles.